The molecule has 116 valence electrons. The molecular formula is C16H14N4O2S. The molecule has 0 saturated heterocycles. The molecule has 1 aromatic heterocycles. The van der Waals surface area contributed by atoms with Gasteiger partial charge in [-0.15, -0.1) is 0 Å². The van der Waals surface area contributed by atoms with Crippen LogP contribution in [-0.4, -0.2) is 28.2 Å². The summed E-state index contributed by atoms with van der Waals surface area (Å²) in [5.41, 5.74) is 0.714. The number of methoxy groups -OCH3 is 1. The van der Waals surface area contributed by atoms with Gasteiger partial charge in [-0.3, -0.25) is 9.89 Å². The summed E-state index contributed by atoms with van der Waals surface area (Å²) in [6.45, 7) is 1.60. The largest absolute Gasteiger partial charge is 0.496 e. The molecule has 0 unspecified atom stereocenters. The number of aryl methyl sites for hydroxylation is 1. The highest BCUT2D eigenvalue weighted by molar-refractivity contribution is 7.71. The van der Waals surface area contributed by atoms with E-state index in [1.54, 1.807) is 20.2 Å². The van der Waals surface area contributed by atoms with E-state index in [4.69, 9.17) is 17.0 Å². The SMILES string of the molecule is COc1ccc2ccccc2c1C=Nn1c(=S)[nH]nc(C)c1=O. The van der Waals surface area contributed by atoms with Gasteiger partial charge >= 0.3 is 0 Å². The third kappa shape index (κ3) is 2.78. The van der Waals surface area contributed by atoms with E-state index in [9.17, 15) is 4.79 Å². The van der Waals surface area contributed by atoms with E-state index >= 15 is 0 Å². The zero-order valence-corrected chi connectivity index (χ0v) is 13.4. The van der Waals surface area contributed by atoms with Crippen LogP contribution in [0.3, 0.4) is 0 Å². The summed E-state index contributed by atoms with van der Waals surface area (Å²) in [6, 6.07) is 11.7. The average molecular weight is 326 g/mol. The lowest BCUT2D eigenvalue weighted by molar-refractivity contribution is 0.415. The van der Waals surface area contributed by atoms with Crippen molar-refractivity contribution >= 4 is 29.2 Å². The Morgan fingerprint density at radius 1 is 1.30 bits per heavy atom. The molecule has 0 spiro atoms. The van der Waals surface area contributed by atoms with Crippen molar-refractivity contribution in [1.29, 1.82) is 0 Å². The van der Waals surface area contributed by atoms with Crippen LogP contribution >= 0.6 is 12.2 Å². The lowest BCUT2D eigenvalue weighted by atomic mass is 10.0. The van der Waals surface area contributed by atoms with Crippen molar-refractivity contribution in [3.8, 4) is 5.75 Å². The molecule has 0 amide bonds. The molecule has 0 bridgehead atoms. The first-order chi connectivity index (χ1) is 11.1. The van der Waals surface area contributed by atoms with Gasteiger partial charge in [0.15, 0.2) is 0 Å². The zero-order valence-electron chi connectivity index (χ0n) is 12.6. The minimum absolute atomic E-state index is 0.135. The summed E-state index contributed by atoms with van der Waals surface area (Å²) in [5, 5.41) is 12.7. The number of aromatic nitrogens is 3. The number of hydrogen-bond acceptors (Lipinski definition) is 5. The highest BCUT2D eigenvalue weighted by atomic mass is 32.1. The van der Waals surface area contributed by atoms with E-state index in [0.717, 1.165) is 21.0 Å². The van der Waals surface area contributed by atoms with Gasteiger partial charge in [0.1, 0.15) is 11.4 Å². The first kappa shape index (κ1) is 15.1. The molecule has 0 fully saturated rings. The summed E-state index contributed by atoms with van der Waals surface area (Å²) >= 11 is 5.07. The molecule has 0 radical (unpaired) electrons. The highest BCUT2D eigenvalue weighted by Crippen LogP contribution is 2.26. The standard InChI is InChI=1S/C16H14N4O2S/c1-10-15(21)20(16(23)19-18-10)17-9-13-12-6-4-3-5-11(12)7-8-14(13)22-2/h3-9H,1-2H3,(H,19,23). The van der Waals surface area contributed by atoms with Gasteiger partial charge in [0.25, 0.3) is 5.56 Å². The van der Waals surface area contributed by atoms with Gasteiger partial charge in [-0.2, -0.15) is 14.9 Å². The Labute approximate surface area is 137 Å². The number of H-pyrrole nitrogens is 1. The fourth-order valence-corrected chi connectivity index (χ4v) is 2.46. The molecular weight excluding hydrogens is 312 g/mol. The van der Waals surface area contributed by atoms with E-state index < -0.39 is 0 Å². The van der Waals surface area contributed by atoms with Gasteiger partial charge in [-0.05, 0) is 36.0 Å². The van der Waals surface area contributed by atoms with E-state index in [1.807, 2.05) is 36.4 Å². The van der Waals surface area contributed by atoms with Gasteiger partial charge < -0.3 is 4.74 Å². The lowest BCUT2D eigenvalue weighted by Crippen LogP contribution is -2.22. The summed E-state index contributed by atoms with van der Waals surface area (Å²) in [4.78, 5) is 12.1. The summed E-state index contributed by atoms with van der Waals surface area (Å²) < 4.78 is 6.65. The number of rotatable bonds is 3. The van der Waals surface area contributed by atoms with Crippen molar-refractivity contribution < 1.29 is 4.74 Å². The van der Waals surface area contributed by atoms with Crippen LogP contribution in [0, 0.1) is 11.7 Å². The van der Waals surface area contributed by atoms with Gasteiger partial charge in [-0.25, -0.2) is 0 Å². The third-order valence-corrected chi connectivity index (χ3v) is 3.73. The normalized spacial score (nSPS) is 11.2. The average Bonchev–Trinajstić information content (AvgIpc) is 2.58. The molecule has 3 rings (SSSR count). The van der Waals surface area contributed by atoms with Crippen molar-refractivity contribution in [2.24, 2.45) is 5.10 Å². The molecule has 1 N–H and O–H groups in total. The maximum Gasteiger partial charge on any atom is 0.296 e. The Morgan fingerprint density at radius 2 is 2.09 bits per heavy atom. The second-order valence-electron chi connectivity index (χ2n) is 4.88. The van der Waals surface area contributed by atoms with Crippen LogP contribution in [0.4, 0.5) is 0 Å². The van der Waals surface area contributed by atoms with E-state index in [-0.39, 0.29) is 10.3 Å². The first-order valence-corrected chi connectivity index (χ1v) is 7.31. The predicted octanol–water partition coefficient (Wildman–Crippen LogP) is 2.65. The predicted molar refractivity (Wildman–Crippen MR) is 91.9 cm³/mol. The van der Waals surface area contributed by atoms with Crippen molar-refractivity contribution in [3.05, 3.63) is 62.8 Å². The van der Waals surface area contributed by atoms with Crippen LogP contribution < -0.4 is 10.3 Å². The Bertz CT molecular complexity index is 1020. The molecule has 0 atom stereocenters. The number of ether oxygens (including phenoxy) is 1. The quantitative estimate of drug-likeness (QED) is 0.593. The van der Waals surface area contributed by atoms with Crippen LogP contribution in [0.15, 0.2) is 46.3 Å². The van der Waals surface area contributed by atoms with Crippen molar-refractivity contribution in [1.82, 2.24) is 14.9 Å². The van der Waals surface area contributed by atoms with Crippen LogP contribution in [0.1, 0.15) is 11.3 Å². The number of hydrogen-bond donors (Lipinski definition) is 1. The monoisotopic (exact) mass is 326 g/mol. The van der Waals surface area contributed by atoms with E-state index in [0.29, 0.717) is 11.4 Å². The van der Waals surface area contributed by atoms with Gasteiger partial charge in [0, 0.05) is 5.56 Å². The Hall–Kier alpha value is -2.80. The molecule has 0 aliphatic carbocycles. The fourth-order valence-electron chi connectivity index (χ4n) is 2.28. The molecule has 0 saturated carbocycles. The molecule has 1 heterocycles. The van der Waals surface area contributed by atoms with Gasteiger partial charge in [0.05, 0.1) is 13.3 Å². The van der Waals surface area contributed by atoms with Gasteiger partial charge in [0.2, 0.25) is 4.77 Å². The van der Waals surface area contributed by atoms with Crippen LogP contribution in [-0.2, 0) is 0 Å². The fraction of sp³-hybridized carbons (Fsp3) is 0.125. The van der Waals surface area contributed by atoms with Crippen LogP contribution in [0.2, 0.25) is 0 Å². The summed E-state index contributed by atoms with van der Waals surface area (Å²) in [7, 11) is 1.59. The lowest BCUT2D eigenvalue weighted by Gasteiger charge is -2.08. The van der Waals surface area contributed by atoms with Crippen molar-refractivity contribution in [3.63, 3.8) is 0 Å². The third-order valence-electron chi connectivity index (χ3n) is 3.47. The summed E-state index contributed by atoms with van der Waals surface area (Å²) in [6.07, 6.45) is 1.58. The topological polar surface area (TPSA) is 72.3 Å². The molecule has 3 aromatic rings. The van der Waals surface area contributed by atoms with Crippen molar-refractivity contribution in [2.75, 3.05) is 7.11 Å². The Balaban J connectivity index is 2.21. The van der Waals surface area contributed by atoms with Gasteiger partial charge in [-0.1, -0.05) is 30.3 Å². The maximum atomic E-state index is 12.1. The number of aromatic amines is 1. The molecule has 23 heavy (non-hydrogen) atoms. The second-order valence-corrected chi connectivity index (χ2v) is 5.27. The molecule has 2 aromatic carbocycles. The zero-order chi connectivity index (χ0) is 16.4. The maximum absolute atomic E-state index is 12.1. The van der Waals surface area contributed by atoms with E-state index in [1.165, 1.54) is 0 Å². The second kappa shape index (κ2) is 6.13. The van der Waals surface area contributed by atoms with E-state index in [2.05, 4.69) is 15.3 Å². The van der Waals surface area contributed by atoms with Crippen LogP contribution in [0.25, 0.3) is 10.8 Å². The molecule has 0 aliphatic rings. The minimum Gasteiger partial charge on any atom is -0.496 e. The highest BCUT2D eigenvalue weighted by Gasteiger charge is 2.07. The summed E-state index contributed by atoms with van der Waals surface area (Å²) in [5.74, 6) is 0.668. The van der Waals surface area contributed by atoms with Crippen molar-refractivity contribution in [2.45, 2.75) is 6.92 Å². The Kier molecular flexibility index (Phi) is 4.03. The van der Waals surface area contributed by atoms with Crippen LogP contribution in [0.5, 0.6) is 5.75 Å². The molecule has 7 heteroatoms. The number of benzene rings is 2. The number of nitrogens with zero attached hydrogens (tertiary/aromatic N) is 3. The number of nitrogens with one attached hydrogen (secondary N) is 1. The molecule has 0 aliphatic heterocycles. The Morgan fingerprint density at radius 3 is 2.87 bits per heavy atom. The molecule has 6 nitrogen and oxygen atoms in total. The number of fused-ring (bicyclic) bond motifs is 1. The smallest absolute Gasteiger partial charge is 0.296 e. The first-order valence-electron chi connectivity index (χ1n) is 6.90. The minimum atomic E-state index is -0.357.